The molecule has 0 saturated carbocycles. The molecule has 0 radical (unpaired) electrons. The van der Waals surface area contributed by atoms with E-state index in [4.69, 9.17) is 28.8 Å². The zero-order chi connectivity index (χ0) is 21.9. The highest BCUT2D eigenvalue weighted by Crippen LogP contribution is 2.62. The molecular formula is C16H23FN5O7P. The summed E-state index contributed by atoms with van der Waals surface area (Å²) < 4.78 is 55.9. The second-order valence-corrected chi connectivity index (χ2v) is 9.06. The van der Waals surface area contributed by atoms with E-state index in [9.17, 15) is 9.67 Å². The zero-order valence-corrected chi connectivity index (χ0v) is 17.7. The van der Waals surface area contributed by atoms with Gasteiger partial charge in [-0.15, -0.1) is 0 Å². The van der Waals surface area contributed by atoms with Gasteiger partial charge in [0.2, 0.25) is 11.8 Å². The number of halogens is 1. The first-order chi connectivity index (χ1) is 14.0. The van der Waals surface area contributed by atoms with Gasteiger partial charge in [0.25, 0.3) is 5.85 Å². The second kappa shape index (κ2) is 7.08. The van der Waals surface area contributed by atoms with Crippen molar-refractivity contribution in [3.8, 4) is 5.88 Å². The van der Waals surface area contributed by atoms with Crippen molar-refractivity contribution in [2.45, 2.75) is 57.6 Å². The number of anilines is 1. The molecule has 4 rings (SSSR count). The number of imidazole rings is 1. The first-order valence-electron chi connectivity index (χ1n) is 9.32. The molecule has 2 aliphatic heterocycles. The minimum atomic E-state index is -4.11. The molecule has 0 spiro atoms. The van der Waals surface area contributed by atoms with Crippen LogP contribution in [0.3, 0.4) is 0 Å². The van der Waals surface area contributed by atoms with Gasteiger partial charge in [-0.1, -0.05) is 0 Å². The lowest BCUT2D eigenvalue weighted by molar-refractivity contribution is -0.220. The summed E-state index contributed by atoms with van der Waals surface area (Å²) in [7, 11) is -4.11. The molecule has 2 fully saturated rings. The average molecular weight is 447 g/mol. The topological polar surface area (TPSA) is 153 Å². The van der Waals surface area contributed by atoms with Crippen molar-refractivity contribution in [2.24, 2.45) is 0 Å². The highest BCUT2D eigenvalue weighted by atomic mass is 31.2. The lowest BCUT2D eigenvalue weighted by atomic mass is 9.95. The van der Waals surface area contributed by atoms with E-state index in [1.54, 1.807) is 20.8 Å². The maximum atomic E-state index is 15.5. The zero-order valence-electron chi connectivity index (χ0n) is 16.8. The first-order valence-corrected chi connectivity index (χ1v) is 10.8. The molecule has 0 aliphatic carbocycles. The average Bonchev–Trinajstić information content (AvgIpc) is 3.13. The monoisotopic (exact) mass is 447 g/mol. The Morgan fingerprint density at radius 1 is 1.50 bits per heavy atom. The third-order valence-electron chi connectivity index (χ3n) is 4.66. The van der Waals surface area contributed by atoms with Crippen LogP contribution in [0, 0.1) is 0 Å². The Morgan fingerprint density at radius 2 is 2.23 bits per heavy atom. The van der Waals surface area contributed by atoms with Crippen LogP contribution < -0.4 is 10.5 Å². The summed E-state index contributed by atoms with van der Waals surface area (Å²) in [5.41, 5.74) is 4.15. The molecule has 166 valence electrons. The van der Waals surface area contributed by atoms with E-state index in [0.717, 1.165) is 0 Å². The summed E-state index contributed by atoms with van der Waals surface area (Å²) in [5, 5.41) is 11.2. The molecular weight excluding hydrogens is 424 g/mol. The van der Waals surface area contributed by atoms with Gasteiger partial charge in [0, 0.05) is 0 Å². The Bertz CT molecular complexity index is 1020. The van der Waals surface area contributed by atoms with Crippen molar-refractivity contribution in [1.29, 1.82) is 0 Å². The Hall–Kier alpha value is -1.89. The normalized spacial score (nSPS) is 36.4. The molecule has 5 atom stereocenters. The Balaban J connectivity index is 1.74. The summed E-state index contributed by atoms with van der Waals surface area (Å²) in [4.78, 5) is 12.3. The number of hydrogen-bond acceptors (Lipinski definition) is 11. The number of hydrogen-bond donors (Lipinski definition) is 2. The molecule has 0 bridgehead atoms. The molecule has 3 N–H and O–H groups in total. The predicted octanol–water partition coefficient (Wildman–Crippen LogP) is 1.70. The predicted molar refractivity (Wildman–Crippen MR) is 100 cm³/mol. The lowest BCUT2D eigenvalue weighted by Gasteiger charge is -2.37. The van der Waals surface area contributed by atoms with Gasteiger partial charge in [0.1, 0.15) is 12.2 Å². The van der Waals surface area contributed by atoms with Gasteiger partial charge in [-0.05, 0) is 27.7 Å². The van der Waals surface area contributed by atoms with E-state index < -0.39 is 44.3 Å². The number of alkyl halides is 1. The van der Waals surface area contributed by atoms with Gasteiger partial charge in [0.05, 0.1) is 19.0 Å². The van der Waals surface area contributed by atoms with Crippen molar-refractivity contribution in [3.63, 3.8) is 0 Å². The molecule has 2 saturated heterocycles. The van der Waals surface area contributed by atoms with Crippen molar-refractivity contribution in [1.82, 2.24) is 19.5 Å². The highest BCUT2D eigenvalue weighted by molar-refractivity contribution is 7.48. The third-order valence-corrected chi connectivity index (χ3v) is 6.26. The highest BCUT2D eigenvalue weighted by Gasteiger charge is 2.69. The molecule has 0 aromatic carbocycles. The van der Waals surface area contributed by atoms with Crippen LogP contribution in [0.1, 0.15) is 33.9 Å². The number of ether oxygens (including phenoxy) is 2. The molecule has 0 amide bonds. The minimum Gasteiger partial charge on any atom is -0.476 e. The standard InChI is InChI=1S/C16H23FN5O7P/c1-5-25-11-9-10(20-14(18)21-11)22(7-19-9)13-15(4,23)12-16(17,27-13)6-26-30(24,29-12)28-8(2)3/h7-8,12-13,23H,5-6H2,1-4H3,(H2,18,20,21)/t12-,13+,15+,16+,30+/m0/s1. The fourth-order valence-electron chi connectivity index (χ4n) is 3.52. The van der Waals surface area contributed by atoms with Crippen molar-refractivity contribution in [3.05, 3.63) is 6.33 Å². The second-order valence-electron chi connectivity index (χ2n) is 7.49. The van der Waals surface area contributed by atoms with Crippen LogP contribution in [0.2, 0.25) is 0 Å². The number of nitrogen functional groups attached to an aromatic ring is 1. The number of phosphoric acid groups is 1. The summed E-state index contributed by atoms with van der Waals surface area (Å²) in [6.45, 7) is 5.83. The van der Waals surface area contributed by atoms with E-state index in [0.29, 0.717) is 6.61 Å². The van der Waals surface area contributed by atoms with Crippen LogP contribution in [0.25, 0.3) is 11.2 Å². The number of fused-ring (bicyclic) bond motifs is 2. The molecule has 4 heterocycles. The molecule has 2 aliphatic rings. The van der Waals surface area contributed by atoms with Crippen LogP contribution in [-0.4, -0.2) is 61.5 Å². The summed E-state index contributed by atoms with van der Waals surface area (Å²) in [6, 6.07) is 0. The van der Waals surface area contributed by atoms with Crippen LogP contribution in [0.4, 0.5) is 10.3 Å². The van der Waals surface area contributed by atoms with Gasteiger partial charge in [-0.25, -0.2) is 13.9 Å². The van der Waals surface area contributed by atoms with Gasteiger partial charge in [0.15, 0.2) is 23.5 Å². The number of aliphatic hydroxyl groups is 1. The summed E-state index contributed by atoms with van der Waals surface area (Å²) in [5.74, 6) is -2.56. The van der Waals surface area contributed by atoms with Gasteiger partial charge >= 0.3 is 7.82 Å². The fraction of sp³-hybridized carbons (Fsp3) is 0.688. The first kappa shape index (κ1) is 21.3. The quantitative estimate of drug-likeness (QED) is 0.644. The lowest BCUT2D eigenvalue weighted by Crippen LogP contribution is -2.52. The van der Waals surface area contributed by atoms with Crippen LogP contribution >= 0.6 is 7.82 Å². The van der Waals surface area contributed by atoms with Crippen LogP contribution in [-0.2, 0) is 22.9 Å². The largest absolute Gasteiger partial charge is 0.476 e. The Labute approximate surface area is 171 Å². The van der Waals surface area contributed by atoms with E-state index in [1.165, 1.54) is 17.8 Å². The van der Waals surface area contributed by atoms with E-state index >= 15 is 4.39 Å². The van der Waals surface area contributed by atoms with Gasteiger partial charge < -0.3 is 20.3 Å². The van der Waals surface area contributed by atoms with E-state index in [2.05, 4.69) is 15.0 Å². The maximum Gasteiger partial charge on any atom is 0.475 e. The molecule has 14 heteroatoms. The third kappa shape index (κ3) is 3.35. The molecule has 2 aromatic rings. The molecule has 2 aromatic heterocycles. The number of nitrogens with zero attached hydrogens (tertiary/aromatic N) is 4. The Morgan fingerprint density at radius 3 is 2.90 bits per heavy atom. The van der Waals surface area contributed by atoms with Crippen molar-refractivity contribution >= 4 is 24.9 Å². The van der Waals surface area contributed by atoms with Gasteiger partial charge in [-0.3, -0.25) is 18.1 Å². The fourth-order valence-corrected chi connectivity index (χ4v) is 5.17. The number of aromatic nitrogens is 4. The van der Waals surface area contributed by atoms with E-state index in [-0.39, 0.29) is 23.0 Å². The van der Waals surface area contributed by atoms with Gasteiger partial charge in [-0.2, -0.15) is 9.97 Å². The van der Waals surface area contributed by atoms with Crippen molar-refractivity contribution in [2.75, 3.05) is 18.9 Å². The van der Waals surface area contributed by atoms with Crippen LogP contribution in [0.15, 0.2) is 6.33 Å². The maximum absolute atomic E-state index is 15.5. The SMILES string of the molecule is CCOc1nc(N)nc2c1ncn2[C@@H]1O[C@]2(F)CO[P@](=O)(OC(C)C)O[C@H]2[C@@]1(C)O. The molecule has 12 nitrogen and oxygen atoms in total. The minimum absolute atomic E-state index is 0.105. The smallest absolute Gasteiger partial charge is 0.475 e. The molecule has 30 heavy (non-hydrogen) atoms. The van der Waals surface area contributed by atoms with Crippen molar-refractivity contribution < 1.29 is 37.1 Å². The summed E-state index contributed by atoms with van der Waals surface area (Å²) in [6.07, 6.45) is -2.27. The Kier molecular flexibility index (Phi) is 5.03. The number of nitrogens with two attached hydrogens (primary N) is 1. The number of rotatable bonds is 5. The van der Waals surface area contributed by atoms with Crippen LogP contribution in [0.5, 0.6) is 5.88 Å². The number of phosphoric ester groups is 1. The molecule has 0 unspecified atom stereocenters. The summed E-state index contributed by atoms with van der Waals surface area (Å²) >= 11 is 0. The van der Waals surface area contributed by atoms with E-state index in [1.807, 2.05) is 0 Å².